The Morgan fingerprint density at radius 3 is 2.68 bits per heavy atom. The van der Waals surface area contributed by atoms with E-state index in [1.54, 1.807) is 24.3 Å². The molecule has 0 unspecified atom stereocenters. The van der Waals surface area contributed by atoms with E-state index in [0.717, 1.165) is 17.3 Å². The number of fused-ring (bicyclic) bond motifs is 1. The van der Waals surface area contributed by atoms with Gasteiger partial charge in [-0.1, -0.05) is 25.1 Å². The van der Waals surface area contributed by atoms with Gasteiger partial charge in [-0.3, -0.25) is 4.79 Å². The van der Waals surface area contributed by atoms with Crippen LogP contribution in [0.2, 0.25) is 0 Å². The number of esters is 1. The van der Waals surface area contributed by atoms with Crippen LogP contribution in [0.5, 0.6) is 0 Å². The smallest absolute Gasteiger partial charge is 0.339 e. The lowest BCUT2D eigenvalue weighted by atomic mass is 10.1. The Morgan fingerprint density at radius 1 is 1.12 bits per heavy atom. The van der Waals surface area contributed by atoms with Crippen LogP contribution < -0.4 is 5.32 Å². The summed E-state index contributed by atoms with van der Waals surface area (Å²) in [6, 6.07) is 15.0. The molecule has 1 amide bonds. The van der Waals surface area contributed by atoms with Gasteiger partial charge in [0.1, 0.15) is 6.54 Å². The molecule has 3 aromatic rings. The lowest BCUT2D eigenvalue weighted by Gasteiger charge is -2.11. The number of aromatic nitrogens is 1. The zero-order valence-electron chi connectivity index (χ0n) is 14.3. The van der Waals surface area contributed by atoms with Crippen molar-refractivity contribution in [2.45, 2.75) is 19.9 Å². The quantitative estimate of drug-likeness (QED) is 0.724. The average Bonchev–Trinajstić information content (AvgIpc) is 3.03. The Kier molecular flexibility index (Phi) is 4.84. The topological polar surface area (TPSA) is 60.3 Å². The van der Waals surface area contributed by atoms with E-state index in [1.807, 2.05) is 22.9 Å². The number of anilines is 1. The predicted molar refractivity (Wildman–Crippen MR) is 97.7 cm³/mol. The summed E-state index contributed by atoms with van der Waals surface area (Å²) >= 11 is 0. The van der Waals surface area contributed by atoms with Crippen molar-refractivity contribution in [3.8, 4) is 0 Å². The van der Waals surface area contributed by atoms with Crippen molar-refractivity contribution >= 4 is 28.5 Å². The third-order valence-corrected chi connectivity index (χ3v) is 4.16. The van der Waals surface area contributed by atoms with Crippen LogP contribution in [0.15, 0.2) is 54.7 Å². The van der Waals surface area contributed by atoms with Gasteiger partial charge in [0.25, 0.3) is 0 Å². The number of carbonyl (C=O) groups is 2. The first-order valence-electron chi connectivity index (χ1n) is 8.17. The summed E-state index contributed by atoms with van der Waals surface area (Å²) in [7, 11) is 1.32. The van der Waals surface area contributed by atoms with Crippen LogP contribution in [-0.2, 0) is 22.5 Å². The molecule has 2 aromatic carbocycles. The van der Waals surface area contributed by atoms with E-state index in [1.165, 1.54) is 12.7 Å². The van der Waals surface area contributed by atoms with Gasteiger partial charge in [0.2, 0.25) is 5.91 Å². The molecule has 0 fully saturated rings. The van der Waals surface area contributed by atoms with Crippen LogP contribution in [0.4, 0.5) is 5.69 Å². The fourth-order valence-corrected chi connectivity index (χ4v) is 2.83. The number of carbonyl (C=O) groups excluding carboxylic acids is 2. The highest BCUT2D eigenvalue weighted by atomic mass is 16.5. The van der Waals surface area contributed by atoms with Crippen molar-refractivity contribution in [3.05, 3.63) is 65.9 Å². The highest BCUT2D eigenvalue weighted by Crippen LogP contribution is 2.19. The minimum absolute atomic E-state index is 0.171. The van der Waals surface area contributed by atoms with E-state index >= 15 is 0 Å². The molecule has 1 aromatic heterocycles. The fraction of sp³-hybridized carbons (Fsp3) is 0.200. The number of nitrogens with one attached hydrogen (secondary N) is 1. The lowest BCUT2D eigenvalue weighted by molar-refractivity contribution is -0.116. The second-order valence-corrected chi connectivity index (χ2v) is 5.78. The Labute approximate surface area is 146 Å². The summed E-state index contributed by atoms with van der Waals surface area (Å²) in [5.74, 6) is -0.678. The zero-order valence-corrected chi connectivity index (χ0v) is 14.3. The van der Waals surface area contributed by atoms with Crippen molar-refractivity contribution in [2.75, 3.05) is 12.4 Å². The third-order valence-electron chi connectivity index (χ3n) is 4.16. The van der Waals surface area contributed by atoms with E-state index in [0.29, 0.717) is 11.3 Å². The maximum absolute atomic E-state index is 12.4. The molecule has 0 radical (unpaired) electrons. The van der Waals surface area contributed by atoms with E-state index in [4.69, 9.17) is 4.74 Å². The van der Waals surface area contributed by atoms with E-state index in [-0.39, 0.29) is 12.5 Å². The highest BCUT2D eigenvalue weighted by molar-refractivity contribution is 6.01. The van der Waals surface area contributed by atoms with E-state index in [9.17, 15) is 9.59 Å². The molecule has 5 nitrogen and oxygen atoms in total. The molecule has 0 atom stereocenters. The predicted octanol–water partition coefficient (Wildman–Crippen LogP) is 3.63. The van der Waals surface area contributed by atoms with E-state index in [2.05, 4.69) is 24.4 Å². The number of aryl methyl sites for hydroxylation is 1. The summed E-state index contributed by atoms with van der Waals surface area (Å²) in [4.78, 5) is 24.2. The molecule has 0 spiro atoms. The maximum atomic E-state index is 12.4. The standard InChI is InChI=1S/C20H20N2O3/c1-3-14-8-9-18-15(12-14)10-11-22(18)13-19(23)21-17-7-5-4-6-16(17)20(24)25-2/h4-12H,3,13H2,1-2H3,(H,21,23). The number of hydrogen-bond donors (Lipinski definition) is 1. The first-order chi connectivity index (χ1) is 12.1. The van der Waals surface area contributed by atoms with E-state index < -0.39 is 5.97 Å². The van der Waals surface area contributed by atoms with Crippen LogP contribution in [0, 0.1) is 0 Å². The maximum Gasteiger partial charge on any atom is 0.339 e. The van der Waals surface area contributed by atoms with Crippen molar-refractivity contribution < 1.29 is 14.3 Å². The van der Waals surface area contributed by atoms with Gasteiger partial charge in [-0.05, 0) is 47.7 Å². The Bertz CT molecular complexity index is 928. The molecule has 0 aliphatic carbocycles. The highest BCUT2D eigenvalue weighted by Gasteiger charge is 2.14. The number of benzene rings is 2. The Balaban J connectivity index is 1.79. The molecular formula is C20H20N2O3. The number of para-hydroxylation sites is 1. The monoisotopic (exact) mass is 336 g/mol. The molecule has 0 aliphatic rings. The number of rotatable bonds is 5. The number of methoxy groups -OCH3 is 1. The van der Waals surface area contributed by atoms with Gasteiger partial charge in [-0.15, -0.1) is 0 Å². The van der Waals surface area contributed by atoms with Gasteiger partial charge in [0.15, 0.2) is 0 Å². The summed E-state index contributed by atoms with van der Waals surface area (Å²) in [5.41, 5.74) is 3.06. The fourth-order valence-electron chi connectivity index (χ4n) is 2.83. The first kappa shape index (κ1) is 16.8. The number of amides is 1. The Hall–Kier alpha value is -3.08. The summed E-state index contributed by atoms with van der Waals surface area (Å²) in [6.07, 6.45) is 2.88. The molecule has 0 aliphatic heterocycles. The molecule has 1 heterocycles. The number of ether oxygens (including phenoxy) is 1. The van der Waals surface area contributed by atoms with Gasteiger partial charge in [-0.2, -0.15) is 0 Å². The molecule has 3 rings (SSSR count). The van der Waals surface area contributed by atoms with Crippen molar-refractivity contribution in [3.63, 3.8) is 0 Å². The molecular weight excluding hydrogens is 316 g/mol. The van der Waals surface area contributed by atoms with Crippen LogP contribution in [0.1, 0.15) is 22.8 Å². The molecule has 128 valence electrons. The zero-order chi connectivity index (χ0) is 17.8. The van der Waals surface area contributed by atoms with Gasteiger partial charge in [-0.25, -0.2) is 4.79 Å². The van der Waals surface area contributed by atoms with Crippen molar-refractivity contribution in [1.82, 2.24) is 4.57 Å². The summed E-state index contributed by atoms with van der Waals surface area (Å²) in [5, 5.41) is 3.90. The normalized spacial score (nSPS) is 10.6. The van der Waals surface area contributed by atoms with Crippen LogP contribution >= 0.6 is 0 Å². The lowest BCUT2D eigenvalue weighted by Crippen LogP contribution is -2.20. The molecule has 5 heteroatoms. The summed E-state index contributed by atoms with van der Waals surface area (Å²) < 4.78 is 6.64. The third kappa shape index (κ3) is 3.55. The van der Waals surface area contributed by atoms with Gasteiger partial charge in [0.05, 0.1) is 18.4 Å². The SMILES string of the molecule is CCc1ccc2c(ccn2CC(=O)Nc2ccccc2C(=O)OC)c1. The minimum Gasteiger partial charge on any atom is -0.465 e. The number of nitrogens with zero attached hydrogens (tertiary/aromatic N) is 1. The molecule has 1 N–H and O–H groups in total. The van der Waals surface area contributed by atoms with Gasteiger partial charge < -0.3 is 14.6 Å². The second kappa shape index (κ2) is 7.21. The van der Waals surface area contributed by atoms with Crippen molar-refractivity contribution in [2.24, 2.45) is 0 Å². The van der Waals surface area contributed by atoms with Crippen LogP contribution in [0.3, 0.4) is 0 Å². The van der Waals surface area contributed by atoms with Gasteiger partial charge in [0, 0.05) is 11.7 Å². The van der Waals surface area contributed by atoms with Crippen LogP contribution in [-0.4, -0.2) is 23.6 Å². The second-order valence-electron chi connectivity index (χ2n) is 5.78. The average molecular weight is 336 g/mol. The number of hydrogen-bond acceptors (Lipinski definition) is 3. The molecule has 0 saturated carbocycles. The molecule has 0 bridgehead atoms. The minimum atomic E-state index is -0.477. The summed E-state index contributed by atoms with van der Waals surface area (Å²) in [6.45, 7) is 2.29. The first-order valence-corrected chi connectivity index (χ1v) is 8.17. The van der Waals surface area contributed by atoms with Crippen LogP contribution in [0.25, 0.3) is 10.9 Å². The molecule has 0 saturated heterocycles. The van der Waals surface area contributed by atoms with Gasteiger partial charge >= 0.3 is 5.97 Å². The molecule has 25 heavy (non-hydrogen) atoms. The Morgan fingerprint density at radius 2 is 1.92 bits per heavy atom. The largest absolute Gasteiger partial charge is 0.465 e. The van der Waals surface area contributed by atoms with Crippen molar-refractivity contribution in [1.29, 1.82) is 0 Å².